The molecule has 1 fully saturated rings. The summed E-state index contributed by atoms with van der Waals surface area (Å²) in [6.45, 7) is 6.48. The molecule has 2 heterocycles. The van der Waals surface area contributed by atoms with Gasteiger partial charge < -0.3 is 5.32 Å². The van der Waals surface area contributed by atoms with Gasteiger partial charge >= 0.3 is 0 Å². The molecule has 0 amide bonds. The van der Waals surface area contributed by atoms with Crippen LogP contribution in [0.5, 0.6) is 0 Å². The third-order valence-electron chi connectivity index (χ3n) is 4.12. The number of benzene rings is 1. The van der Waals surface area contributed by atoms with E-state index in [-0.39, 0.29) is 0 Å². The van der Waals surface area contributed by atoms with E-state index in [9.17, 15) is 0 Å². The maximum absolute atomic E-state index is 5.96. The van der Waals surface area contributed by atoms with Crippen LogP contribution in [0.25, 0.3) is 5.69 Å². The third kappa shape index (κ3) is 2.48. The minimum absolute atomic E-state index is 0.588. The van der Waals surface area contributed by atoms with Gasteiger partial charge in [-0.1, -0.05) is 11.6 Å². The highest BCUT2D eigenvalue weighted by Gasteiger charge is 2.23. The fourth-order valence-corrected chi connectivity index (χ4v) is 3.30. The molecule has 1 aromatic carbocycles. The van der Waals surface area contributed by atoms with Crippen LogP contribution in [0, 0.1) is 13.8 Å². The van der Waals surface area contributed by atoms with Gasteiger partial charge in [0.15, 0.2) is 0 Å². The van der Waals surface area contributed by atoms with Crippen molar-refractivity contribution >= 4 is 11.6 Å². The second-order valence-corrected chi connectivity index (χ2v) is 5.95. The molecule has 2 aromatic rings. The average molecular weight is 290 g/mol. The molecule has 1 aromatic heterocycles. The Morgan fingerprint density at radius 1 is 1.25 bits per heavy atom. The number of piperidine rings is 1. The second-order valence-electron chi connectivity index (χ2n) is 5.52. The molecular formula is C16H20ClN3. The van der Waals surface area contributed by atoms with Gasteiger partial charge in [0.1, 0.15) is 0 Å². The Morgan fingerprint density at radius 3 is 2.65 bits per heavy atom. The Hall–Kier alpha value is -1.32. The topological polar surface area (TPSA) is 29.9 Å². The van der Waals surface area contributed by atoms with Crippen LogP contribution in [-0.4, -0.2) is 22.9 Å². The minimum atomic E-state index is 0.588. The van der Waals surface area contributed by atoms with Crippen LogP contribution in [0.1, 0.15) is 35.7 Å². The Kier molecular flexibility index (Phi) is 3.81. The second kappa shape index (κ2) is 5.58. The van der Waals surface area contributed by atoms with Crippen molar-refractivity contribution in [2.24, 2.45) is 0 Å². The van der Waals surface area contributed by atoms with Crippen LogP contribution in [-0.2, 0) is 0 Å². The lowest BCUT2D eigenvalue weighted by Gasteiger charge is -2.23. The largest absolute Gasteiger partial charge is 0.316 e. The van der Waals surface area contributed by atoms with Gasteiger partial charge in [0.05, 0.1) is 11.4 Å². The third-order valence-corrected chi connectivity index (χ3v) is 4.38. The van der Waals surface area contributed by atoms with Crippen LogP contribution in [0.2, 0.25) is 5.02 Å². The maximum Gasteiger partial charge on any atom is 0.0649 e. The van der Waals surface area contributed by atoms with Gasteiger partial charge in [-0.05, 0) is 57.5 Å². The molecule has 0 saturated carbocycles. The monoisotopic (exact) mass is 289 g/mol. The van der Waals surface area contributed by atoms with Gasteiger partial charge in [-0.25, -0.2) is 4.68 Å². The van der Waals surface area contributed by atoms with Crippen molar-refractivity contribution in [1.82, 2.24) is 15.1 Å². The Labute approximate surface area is 124 Å². The molecule has 1 atom stereocenters. The number of nitrogens with one attached hydrogen (secondary N) is 1. The summed E-state index contributed by atoms with van der Waals surface area (Å²) in [7, 11) is 0. The molecule has 0 bridgehead atoms. The summed E-state index contributed by atoms with van der Waals surface area (Å²) in [5, 5.41) is 8.98. The summed E-state index contributed by atoms with van der Waals surface area (Å²) < 4.78 is 2.04. The molecule has 1 aliphatic rings. The summed E-state index contributed by atoms with van der Waals surface area (Å²) in [6.07, 6.45) is 2.50. The Balaban J connectivity index is 1.99. The quantitative estimate of drug-likeness (QED) is 0.915. The Bertz CT molecular complexity index is 595. The molecule has 4 heteroatoms. The fourth-order valence-electron chi connectivity index (χ4n) is 3.18. The molecule has 106 valence electrons. The molecule has 3 rings (SSSR count). The summed E-state index contributed by atoms with van der Waals surface area (Å²) in [6, 6.07) is 7.86. The predicted molar refractivity (Wildman–Crippen MR) is 82.9 cm³/mol. The van der Waals surface area contributed by atoms with Crippen molar-refractivity contribution < 1.29 is 0 Å². The van der Waals surface area contributed by atoms with Gasteiger partial charge in [-0.3, -0.25) is 0 Å². The molecule has 1 saturated heterocycles. The Morgan fingerprint density at radius 2 is 2.00 bits per heavy atom. The molecule has 3 nitrogen and oxygen atoms in total. The van der Waals surface area contributed by atoms with Crippen molar-refractivity contribution in [3.05, 3.63) is 46.2 Å². The molecule has 20 heavy (non-hydrogen) atoms. The van der Waals surface area contributed by atoms with Crippen molar-refractivity contribution in [3.8, 4) is 5.69 Å². The lowest BCUT2D eigenvalue weighted by Crippen LogP contribution is -2.28. The normalized spacial score (nSPS) is 19.2. The first kappa shape index (κ1) is 13.7. The highest BCUT2D eigenvalue weighted by molar-refractivity contribution is 6.30. The molecule has 0 aliphatic carbocycles. The van der Waals surface area contributed by atoms with E-state index >= 15 is 0 Å². The summed E-state index contributed by atoms with van der Waals surface area (Å²) in [5.41, 5.74) is 4.88. The van der Waals surface area contributed by atoms with E-state index < -0.39 is 0 Å². The van der Waals surface area contributed by atoms with E-state index in [0.29, 0.717) is 5.92 Å². The van der Waals surface area contributed by atoms with Gasteiger partial charge in [0.2, 0.25) is 0 Å². The number of aryl methyl sites for hydroxylation is 1. The van der Waals surface area contributed by atoms with E-state index in [1.165, 1.54) is 24.1 Å². The summed E-state index contributed by atoms with van der Waals surface area (Å²) in [5.74, 6) is 0.588. The number of nitrogens with zero attached hydrogens (tertiary/aromatic N) is 2. The highest BCUT2D eigenvalue weighted by Crippen LogP contribution is 2.30. The van der Waals surface area contributed by atoms with E-state index in [2.05, 4.69) is 19.2 Å². The van der Waals surface area contributed by atoms with E-state index in [1.807, 2.05) is 28.9 Å². The molecule has 1 aliphatic heterocycles. The first-order valence-corrected chi connectivity index (χ1v) is 7.57. The summed E-state index contributed by atoms with van der Waals surface area (Å²) in [4.78, 5) is 0. The molecule has 0 spiro atoms. The first-order chi connectivity index (χ1) is 9.66. The highest BCUT2D eigenvalue weighted by atomic mass is 35.5. The molecule has 1 N–H and O–H groups in total. The maximum atomic E-state index is 5.96. The molecular weight excluding hydrogens is 270 g/mol. The van der Waals surface area contributed by atoms with Crippen molar-refractivity contribution in [1.29, 1.82) is 0 Å². The average Bonchev–Trinajstić information content (AvgIpc) is 2.76. The zero-order valence-corrected chi connectivity index (χ0v) is 12.7. The summed E-state index contributed by atoms with van der Waals surface area (Å²) >= 11 is 5.96. The van der Waals surface area contributed by atoms with Crippen LogP contribution >= 0.6 is 11.6 Å². The molecule has 0 radical (unpaired) electrons. The van der Waals surface area contributed by atoms with Gasteiger partial charge in [0.25, 0.3) is 0 Å². The lowest BCUT2D eigenvalue weighted by molar-refractivity contribution is 0.459. The smallest absolute Gasteiger partial charge is 0.0649 e. The predicted octanol–water partition coefficient (Wildman–Crippen LogP) is 3.61. The van der Waals surface area contributed by atoms with Gasteiger partial charge in [-0.15, -0.1) is 0 Å². The van der Waals surface area contributed by atoms with Crippen LogP contribution < -0.4 is 5.32 Å². The number of aromatic nitrogens is 2. The van der Waals surface area contributed by atoms with Crippen LogP contribution in [0.3, 0.4) is 0 Å². The zero-order valence-electron chi connectivity index (χ0n) is 12.0. The van der Waals surface area contributed by atoms with Gasteiger partial charge in [0, 0.05) is 28.7 Å². The molecule has 1 unspecified atom stereocenters. The van der Waals surface area contributed by atoms with Crippen LogP contribution in [0.4, 0.5) is 0 Å². The minimum Gasteiger partial charge on any atom is -0.316 e. The van der Waals surface area contributed by atoms with Crippen molar-refractivity contribution in [2.45, 2.75) is 32.6 Å². The number of hydrogen-bond acceptors (Lipinski definition) is 2. The van der Waals surface area contributed by atoms with Crippen molar-refractivity contribution in [3.63, 3.8) is 0 Å². The van der Waals surface area contributed by atoms with Crippen molar-refractivity contribution in [2.75, 3.05) is 13.1 Å². The zero-order chi connectivity index (χ0) is 14.1. The fraction of sp³-hybridized carbons (Fsp3) is 0.438. The van der Waals surface area contributed by atoms with E-state index in [0.717, 1.165) is 29.5 Å². The van der Waals surface area contributed by atoms with Gasteiger partial charge in [-0.2, -0.15) is 5.10 Å². The number of hydrogen-bond donors (Lipinski definition) is 1. The SMILES string of the molecule is Cc1nn(-c2ccc(Cl)cc2)c(C)c1C1CCCNC1. The van der Waals surface area contributed by atoms with Crippen LogP contribution in [0.15, 0.2) is 24.3 Å². The first-order valence-electron chi connectivity index (χ1n) is 7.19. The van der Waals surface area contributed by atoms with E-state index in [4.69, 9.17) is 16.7 Å². The lowest BCUT2D eigenvalue weighted by atomic mass is 9.90. The number of halogens is 1. The standard InChI is InChI=1S/C16H20ClN3/c1-11-16(13-4-3-9-18-10-13)12(2)20(19-11)15-7-5-14(17)6-8-15/h5-8,13,18H,3-4,9-10H2,1-2H3. The number of rotatable bonds is 2. The van der Waals surface area contributed by atoms with E-state index in [1.54, 1.807) is 0 Å².